The normalized spacial score (nSPS) is 18.2. The molecule has 164 valence electrons. The summed E-state index contributed by atoms with van der Waals surface area (Å²) in [5.74, 6) is 1.68. The van der Waals surface area contributed by atoms with Crippen LogP contribution in [-0.2, 0) is 9.53 Å². The van der Waals surface area contributed by atoms with E-state index in [0.717, 1.165) is 60.7 Å². The molecule has 0 spiro atoms. The summed E-state index contributed by atoms with van der Waals surface area (Å²) in [4.78, 5) is 13.9. The third-order valence-electron chi connectivity index (χ3n) is 5.74. The van der Waals surface area contributed by atoms with Crippen molar-refractivity contribution in [1.82, 2.24) is 4.90 Å². The lowest BCUT2D eigenvalue weighted by atomic mass is 9.95. The van der Waals surface area contributed by atoms with Gasteiger partial charge in [-0.2, -0.15) is 0 Å². The van der Waals surface area contributed by atoms with Crippen LogP contribution in [0.5, 0.6) is 11.5 Å². The molecule has 4 rings (SSSR count). The number of fused-ring (bicyclic) bond motifs is 2. The van der Waals surface area contributed by atoms with Crippen molar-refractivity contribution >= 4 is 34.7 Å². The van der Waals surface area contributed by atoms with Crippen molar-refractivity contribution in [3.05, 3.63) is 63.6 Å². The van der Waals surface area contributed by atoms with Gasteiger partial charge < -0.3 is 19.1 Å². The maximum Gasteiger partial charge on any atom is 0.305 e. The predicted octanol–water partition coefficient (Wildman–Crippen LogP) is 5.43. The van der Waals surface area contributed by atoms with E-state index in [9.17, 15) is 4.79 Å². The molecule has 0 aliphatic carbocycles. The zero-order chi connectivity index (χ0) is 21.8. The number of methoxy groups -OCH3 is 1. The molecule has 5 nitrogen and oxygen atoms in total. The largest absolute Gasteiger partial charge is 0.469 e. The fourth-order valence-electron chi connectivity index (χ4n) is 4.19. The van der Waals surface area contributed by atoms with E-state index in [4.69, 9.17) is 37.4 Å². The summed E-state index contributed by atoms with van der Waals surface area (Å²) in [5, 5.41) is 1.28. The van der Waals surface area contributed by atoms with Crippen molar-refractivity contribution in [3.8, 4) is 11.5 Å². The van der Waals surface area contributed by atoms with Crippen LogP contribution in [0.2, 0.25) is 10.0 Å². The molecule has 1 saturated heterocycles. The SMILES string of the molecule is COC(=O)CC1CCN(CCC=C2c3cc(Cl)ccc3OCOc3ccc(Cl)cc32)C1. The van der Waals surface area contributed by atoms with Crippen molar-refractivity contribution in [1.29, 1.82) is 0 Å². The number of hydrogen-bond acceptors (Lipinski definition) is 5. The average molecular weight is 462 g/mol. The summed E-state index contributed by atoms with van der Waals surface area (Å²) in [5.41, 5.74) is 2.83. The number of rotatable bonds is 5. The van der Waals surface area contributed by atoms with Gasteiger partial charge >= 0.3 is 5.97 Å². The fourth-order valence-corrected chi connectivity index (χ4v) is 4.54. The Bertz CT molecular complexity index is 936. The molecule has 31 heavy (non-hydrogen) atoms. The summed E-state index contributed by atoms with van der Waals surface area (Å²) < 4.78 is 16.5. The molecule has 0 amide bonds. The van der Waals surface area contributed by atoms with Crippen LogP contribution in [-0.4, -0.2) is 44.4 Å². The number of carbonyl (C=O) groups is 1. The lowest BCUT2D eigenvalue weighted by Crippen LogP contribution is -2.22. The Labute approximate surface area is 192 Å². The first-order valence-corrected chi connectivity index (χ1v) is 11.1. The minimum Gasteiger partial charge on any atom is -0.469 e. The third-order valence-corrected chi connectivity index (χ3v) is 6.21. The summed E-state index contributed by atoms with van der Waals surface area (Å²) >= 11 is 12.6. The Morgan fingerprint density at radius 1 is 1.13 bits per heavy atom. The van der Waals surface area contributed by atoms with E-state index in [0.29, 0.717) is 22.4 Å². The second-order valence-electron chi connectivity index (χ2n) is 7.83. The van der Waals surface area contributed by atoms with Crippen molar-refractivity contribution in [2.45, 2.75) is 19.3 Å². The molecule has 1 atom stereocenters. The van der Waals surface area contributed by atoms with Gasteiger partial charge in [-0.05, 0) is 67.3 Å². The van der Waals surface area contributed by atoms with Gasteiger partial charge in [0.2, 0.25) is 6.79 Å². The van der Waals surface area contributed by atoms with Crippen LogP contribution in [0.25, 0.3) is 5.57 Å². The van der Waals surface area contributed by atoms with Gasteiger partial charge in [-0.3, -0.25) is 4.79 Å². The molecular weight excluding hydrogens is 437 g/mol. The van der Waals surface area contributed by atoms with E-state index in [1.807, 2.05) is 36.4 Å². The highest BCUT2D eigenvalue weighted by atomic mass is 35.5. The number of likely N-dealkylation sites (tertiary alicyclic amines) is 1. The molecule has 1 fully saturated rings. The van der Waals surface area contributed by atoms with Gasteiger partial charge in [-0.15, -0.1) is 0 Å². The maximum absolute atomic E-state index is 11.5. The molecule has 0 radical (unpaired) electrons. The highest BCUT2D eigenvalue weighted by molar-refractivity contribution is 6.31. The van der Waals surface area contributed by atoms with E-state index in [2.05, 4.69) is 11.0 Å². The van der Waals surface area contributed by atoms with Gasteiger partial charge in [0.15, 0.2) is 0 Å². The van der Waals surface area contributed by atoms with E-state index in [1.54, 1.807) is 0 Å². The number of esters is 1. The molecule has 2 aromatic rings. The molecule has 0 N–H and O–H groups in total. The van der Waals surface area contributed by atoms with Gasteiger partial charge in [0, 0.05) is 40.7 Å². The first-order valence-electron chi connectivity index (χ1n) is 10.4. The number of ether oxygens (including phenoxy) is 3. The van der Waals surface area contributed by atoms with E-state index in [1.165, 1.54) is 7.11 Å². The topological polar surface area (TPSA) is 48.0 Å². The first kappa shape index (κ1) is 22.0. The Kier molecular flexibility index (Phi) is 7.06. The number of carbonyl (C=O) groups excluding carboxylic acids is 1. The summed E-state index contributed by atoms with van der Waals surface area (Å²) in [6.07, 6.45) is 4.53. The smallest absolute Gasteiger partial charge is 0.305 e. The zero-order valence-corrected chi connectivity index (χ0v) is 18.9. The number of benzene rings is 2. The van der Waals surface area contributed by atoms with Crippen molar-refractivity contribution in [2.75, 3.05) is 33.5 Å². The second-order valence-corrected chi connectivity index (χ2v) is 8.70. The molecule has 0 bridgehead atoms. The Hall–Kier alpha value is -2.21. The standard InChI is InChI=1S/C24H25Cl2NO4/c1-29-24(28)11-16-8-10-27(14-16)9-2-3-19-20-12-17(25)4-6-22(20)30-15-31-23-7-5-18(26)13-21(19)23/h3-7,12-13,16H,2,8-11,14-15H2,1H3. The number of nitrogens with zero attached hydrogens (tertiary/aromatic N) is 1. The average Bonchev–Trinajstić information content (AvgIpc) is 3.19. The van der Waals surface area contributed by atoms with Gasteiger partial charge in [-0.25, -0.2) is 0 Å². The Morgan fingerprint density at radius 2 is 1.77 bits per heavy atom. The van der Waals surface area contributed by atoms with Gasteiger partial charge in [0.05, 0.1) is 7.11 Å². The molecule has 7 heteroatoms. The summed E-state index contributed by atoms with van der Waals surface area (Å²) in [7, 11) is 1.44. The molecule has 1 unspecified atom stereocenters. The van der Waals surface area contributed by atoms with Crippen molar-refractivity contribution < 1.29 is 19.0 Å². The van der Waals surface area contributed by atoms with Crippen LogP contribution in [0, 0.1) is 5.92 Å². The number of halogens is 2. The molecule has 0 aromatic heterocycles. The van der Waals surface area contributed by atoms with Crippen LogP contribution in [0.3, 0.4) is 0 Å². The molecule has 2 aromatic carbocycles. The van der Waals surface area contributed by atoms with Crippen LogP contribution < -0.4 is 9.47 Å². The van der Waals surface area contributed by atoms with Crippen molar-refractivity contribution in [2.24, 2.45) is 5.92 Å². The van der Waals surface area contributed by atoms with E-state index in [-0.39, 0.29) is 12.8 Å². The van der Waals surface area contributed by atoms with Gasteiger partial charge in [-0.1, -0.05) is 29.3 Å². The highest BCUT2D eigenvalue weighted by Gasteiger charge is 2.25. The lowest BCUT2D eigenvalue weighted by molar-refractivity contribution is -0.141. The fraction of sp³-hybridized carbons (Fsp3) is 0.375. The third kappa shape index (κ3) is 5.35. The van der Waals surface area contributed by atoms with Crippen molar-refractivity contribution in [3.63, 3.8) is 0 Å². The molecule has 2 aliphatic rings. The minimum absolute atomic E-state index is 0.117. The zero-order valence-electron chi connectivity index (χ0n) is 17.4. The Balaban J connectivity index is 1.56. The maximum atomic E-state index is 11.5. The van der Waals surface area contributed by atoms with Crippen LogP contribution in [0.15, 0.2) is 42.5 Å². The number of hydrogen-bond donors (Lipinski definition) is 0. The highest BCUT2D eigenvalue weighted by Crippen LogP contribution is 2.40. The monoisotopic (exact) mass is 461 g/mol. The van der Waals surface area contributed by atoms with E-state index < -0.39 is 0 Å². The van der Waals surface area contributed by atoms with Gasteiger partial charge in [0.1, 0.15) is 11.5 Å². The molecule has 2 heterocycles. The Morgan fingerprint density at radius 3 is 2.39 bits per heavy atom. The minimum atomic E-state index is -0.134. The summed E-state index contributed by atoms with van der Waals surface area (Å²) in [6, 6.07) is 11.2. The van der Waals surface area contributed by atoms with Crippen LogP contribution in [0.1, 0.15) is 30.4 Å². The molecule has 0 saturated carbocycles. The predicted molar refractivity (Wildman–Crippen MR) is 122 cm³/mol. The first-order chi connectivity index (χ1) is 15.0. The quantitative estimate of drug-likeness (QED) is 0.555. The molecule has 2 aliphatic heterocycles. The summed E-state index contributed by atoms with van der Waals surface area (Å²) in [6.45, 7) is 2.91. The van der Waals surface area contributed by atoms with Gasteiger partial charge in [0.25, 0.3) is 0 Å². The van der Waals surface area contributed by atoms with Crippen LogP contribution in [0.4, 0.5) is 0 Å². The van der Waals surface area contributed by atoms with Crippen LogP contribution >= 0.6 is 23.2 Å². The lowest BCUT2D eigenvalue weighted by Gasteiger charge is -2.22. The van der Waals surface area contributed by atoms with E-state index >= 15 is 0 Å². The molecular formula is C24H25Cl2NO4. The second kappa shape index (κ2) is 9.94.